The quantitative estimate of drug-likeness (QED) is 0.773. The van der Waals surface area contributed by atoms with E-state index in [9.17, 15) is 4.79 Å². The summed E-state index contributed by atoms with van der Waals surface area (Å²) in [6.45, 7) is 7.17. The Morgan fingerprint density at radius 2 is 2.05 bits per heavy atom. The molecule has 0 bridgehead atoms. The molecule has 1 aromatic rings. The van der Waals surface area contributed by atoms with Crippen LogP contribution in [0, 0.1) is 12.8 Å². The summed E-state index contributed by atoms with van der Waals surface area (Å²) in [4.78, 5) is 12.1. The average Bonchev–Trinajstić information content (AvgIpc) is 2.37. The Morgan fingerprint density at radius 1 is 1.32 bits per heavy atom. The van der Waals surface area contributed by atoms with Crippen molar-refractivity contribution in [3.63, 3.8) is 0 Å². The number of hydrogen-bond donors (Lipinski definition) is 1. The number of carbonyl (C=O) groups is 1. The van der Waals surface area contributed by atoms with Gasteiger partial charge in [-0.3, -0.25) is 4.79 Å². The van der Waals surface area contributed by atoms with E-state index in [1.807, 2.05) is 25.1 Å². The predicted octanol–water partition coefficient (Wildman–Crippen LogP) is 4.70. The highest BCUT2D eigenvalue weighted by atomic mass is 79.9. The summed E-state index contributed by atoms with van der Waals surface area (Å²) in [6, 6.07) is 5.80. The van der Waals surface area contributed by atoms with E-state index in [4.69, 9.17) is 0 Å². The first-order chi connectivity index (χ1) is 9.06. The minimum absolute atomic E-state index is 0.0272. The van der Waals surface area contributed by atoms with Gasteiger partial charge in [0.15, 0.2) is 0 Å². The fraction of sp³-hybridized carbons (Fsp3) is 0.562. The Morgan fingerprint density at radius 3 is 2.63 bits per heavy atom. The lowest BCUT2D eigenvalue weighted by molar-refractivity contribution is 0.0945. The summed E-state index contributed by atoms with van der Waals surface area (Å²) in [5.41, 5.74) is 1.83. The maximum atomic E-state index is 12.1. The second-order valence-corrected chi connectivity index (χ2v) is 6.06. The summed E-state index contributed by atoms with van der Waals surface area (Å²) in [5.74, 6) is 0.622. The normalized spacial score (nSPS) is 12.2. The standard InChI is InChI=1S/C16H24BrNO/c1-4-6-7-13(5-2)11-18-16(19)14-8-12(3)9-15(17)10-14/h8-10,13H,4-7,11H2,1-3H3,(H,18,19). The van der Waals surface area contributed by atoms with Crippen LogP contribution in [0.4, 0.5) is 0 Å². The minimum atomic E-state index is 0.0272. The van der Waals surface area contributed by atoms with Crippen molar-refractivity contribution in [1.82, 2.24) is 5.32 Å². The lowest BCUT2D eigenvalue weighted by atomic mass is 9.99. The zero-order valence-corrected chi connectivity index (χ0v) is 13.7. The monoisotopic (exact) mass is 325 g/mol. The van der Waals surface area contributed by atoms with Crippen molar-refractivity contribution >= 4 is 21.8 Å². The molecule has 2 nitrogen and oxygen atoms in total. The lowest BCUT2D eigenvalue weighted by Crippen LogP contribution is -2.29. The molecule has 1 unspecified atom stereocenters. The highest BCUT2D eigenvalue weighted by Gasteiger charge is 2.10. The largest absolute Gasteiger partial charge is 0.352 e. The number of amides is 1. The first-order valence-corrected chi connectivity index (χ1v) is 7.91. The second-order valence-electron chi connectivity index (χ2n) is 5.14. The molecule has 0 heterocycles. The zero-order valence-electron chi connectivity index (χ0n) is 12.1. The number of aryl methyl sites for hydroxylation is 1. The van der Waals surface area contributed by atoms with Gasteiger partial charge in [0, 0.05) is 16.6 Å². The molecular formula is C16H24BrNO. The minimum Gasteiger partial charge on any atom is -0.352 e. The molecule has 0 spiro atoms. The van der Waals surface area contributed by atoms with E-state index in [0.29, 0.717) is 5.92 Å². The Hall–Kier alpha value is -0.830. The number of unbranched alkanes of at least 4 members (excludes halogenated alkanes) is 1. The van der Waals surface area contributed by atoms with Crippen molar-refractivity contribution < 1.29 is 4.79 Å². The van der Waals surface area contributed by atoms with Crippen LogP contribution in [-0.4, -0.2) is 12.5 Å². The van der Waals surface area contributed by atoms with Crippen LogP contribution in [-0.2, 0) is 0 Å². The van der Waals surface area contributed by atoms with E-state index in [2.05, 4.69) is 35.1 Å². The molecule has 0 aliphatic heterocycles. The van der Waals surface area contributed by atoms with Gasteiger partial charge in [0.1, 0.15) is 0 Å². The van der Waals surface area contributed by atoms with E-state index in [1.165, 1.54) is 19.3 Å². The molecule has 1 rings (SSSR count). The van der Waals surface area contributed by atoms with Gasteiger partial charge in [-0.1, -0.05) is 49.0 Å². The van der Waals surface area contributed by atoms with Gasteiger partial charge in [0.05, 0.1) is 0 Å². The highest BCUT2D eigenvalue weighted by Crippen LogP contribution is 2.16. The molecule has 106 valence electrons. The average molecular weight is 326 g/mol. The molecule has 1 atom stereocenters. The van der Waals surface area contributed by atoms with Crippen LogP contribution in [0.15, 0.2) is 22.7 Å². The van der Waals surface area contributed by atoms with Crippen molar-refractivity contribution in [1.29, 1.82) is 0 Å². The maximum absolute atomic E-state index is 12.1. The van der Waals surface area contributed by atoms with E-state index in [1.54, 1.807) is 0 Å². The van der Waals surface area contributed by atoms with Gasteiger partial charge in [0.2, 0.25) is 0 Å². The second kappa shape index (κ2) is 8.36. The molecule has 1 aromatic carbocycles. The first kappa shape index (κ1) is 16.2. The molecule has 0 saturated heterocycles. The zero-order chi connectivity index (χ0) is 14.3. The van der Waals surface area contributed by atoms with Crippen molar-refractivity contribution in [2.45, 2.75) is 46.5 Å². The van der Waals surface area contributed by atoms with Gasteiger partial charge in [-0.05, 0) is 43.0 Å². The molecule has 1 N–H and O–H groups in total. The fourth-order valence-corrected chi connectivity index (χ4v) is 2.76. The van der Waals surface area contributed by atoms with Crippen LogP contribution >= 0.6 is 15.9 Å². The number of carbonyl (C=O) groups excluding carboxylic acids is 1. The van der Waals surface area contributed by atoms with Gasteiger partial charge < -0.3 is 5.32 Å². The van der Waals surface area contributed by atoms with Crippen LogP contribution in [0.1, 0.15) is 55.5 Å². The van der Waals surface area contributed by atoms with Crippen molar-refractivity contribution in [3.8, 4) is 0 Å². The third-order valence-corrected chi connectivity index (χ3v) is 3.86. The van der Waals surface area contributed by atoms with Gasteiger partial charge in [-0.25, -0.2) is 0 Å². The Bertz CT molecular complexity index is 397. The summed E-state index contributed by atoms with van der Waals surface area (Å²) in [7, 11) is 0. The molecule has 0 fully saturated rings. The van der Waals surface area contributed by atoms with Gasteiger partial charge in [-0.2, -0.15) is 0 Å². The number of rotatable bonds is 7. The topological polar surface area (TPSA) is 29.1 Å². The van der Waals surface area contributed by atoms with Gasteiger partial charge in [-0.15, -0.1) is 0 Å². The summed E-state index contributed by atoms with van der Waals surface area (Å²) < 4.78 is 0.954. The molecule has 0 aliphatic carbocycles. The van der Waals surface area contributed by atoms with Gasteiger partial charge >= 0.3 is 0 Å². The molecule has 0 aliphatic rings. The molecule has 0 aromatic heterocycles. The maximum Gasteiger partial charge on any atom is 0.251 e. The first-order valence-electron chi connectivity index (χ1n) is 7.12. The fourth-order valence-electron chi connectivity index (χ4n) is 2.15. The van der Waals surface area contributed by atoms with Crippen molar-refractivity contribution in [3.05, 3.63) is 33.8 Å². The Kier molecular flexibility index (Phi) is 7.14. The summed E-state index contributed by atoms with van der Waals surface area (Å²) in [5, 5.41) is 3.05. The Balaban J connectivity index is 2.54. The molecule has 19 heavy (non-hydrogen) atoms. The summed E-state index contributed by atoms with van der Waals surface area (Å²) >= 11 is 3.43. The van der Waals surface area contributed by atoms with Crippen LogP contribution in [0.5, 0.6) is 0 Å². The van der Waals surface area contributed by atoms with Crippen LogP contribution in [0.3, 0.4) is 0 Å². The van der Waals surface area contributed by atoms with Crippen LogP contribution in [0.2, 0.25) is 0 Å². The third-order valence-electron chi connectivity index (χ3n) is 3.40. The molecular weight excluding hydrogens is 302 g/mol. The smallest absolute Gasteiger partial charge is 0.251 e. The number of benzene rings is 1. The molecule has 1 amide bonds. The van der Waals surface area contributed by atoms with E-state index in [-0.39, 0.29) is 5.91 Å². The van der Waals surface area contributed by atoms with E-state index < -0.39 is 0 Å². The van der Waals surface area contributed by atoms with E-state index in [0.717, 1.165) is 28.6 Å². The van der Waals surface area contributed by atoms with Crippen LogP contribution < -0.4 is 5.32 Å². The van der Waals surface area contributed by atoms with Crippen molar-refractivity contribution in [2.75, 3.05) is 6.54 Å². The Labute approximate surface area is 125 Å². The van der Waals surface area contributed by atoms with Gasteiger partial charge in [0.25, 0.3) is 5.91 Å². The third kappa shape index (κ3) is 5.77. The molecule has 0 saturated carbocycles. The number of halogens is 1. The van der Waals surface area contributed by atoms with Crippen molar-refractivity contribution in [2.24, 2.45) is 5.92 Å². The van der Waals surface area contributed by atoms with Crippen LogP contribution in [0.25, 0.3) is 0 Å². The highest BCUT2D eigenvalue weighted by molar-refractivity contribution is 9.10. The SMILES string of the molecule is CCCCC(CC)CNC(=O)c1cc(C)cc(Br)c1. The number of nitrogens with one attached hydrogen (secondary N) is 1. The lowest BCUT2D eigenvalue weighted by Gasteiger charge is -2.15. The molecule has 3 heteroatoms. The predicted molar refractivity (Wildman–Crippen MR) is 84.5 cm³/mol. The number of hydrogen-bond acceptors (Lipinski definition) is 1. The van der Waals surface area contributed by atoms with E-state index >= 15 is 0 Å². The molecule has 0 radical (unpaired) electrons. The summed E-state index contributed by atoms with van der Waals surface area (Å²) in [6.07, 6.45) is 4.78.